The summed E-state index contributed by atoms with van der Waals surface area (Å²) in [7, 11) is 0. The largest absolute Gasteiger partial charge is 0.338 e. The number of ketones is 1. The maximum Gasteiger partial charge on any atom is 0.297 e. The predicted octanol–water partition coefficient (Wildman–Crippen LogP) is 1.27. The van der Waals surface area contributed by atoms with Gasteiger partial charge in [0, 0.05) is 57.0 Å². The van der Waals surface area contributed by atoms with E-state index in [1.807, 2.05) is 6.07 Å². The smallest absolute Gasteiger partial charge is 0.297 e. The number of aromatic nitrogens is 2. The Balaban J connectivity index is 1.19. The highest BCUT2D eigenvalue weighted by molar-refractivity contribution is 6.42. The molecule has 1 saturated carbocycles. The van der Waals surface area contributed by atoms with E-state index in [-0.39, 0.29) is 18.1 Å². The van der Waals surface area contributed by atoms with Gasteiger partial charge in [-0.1, -0.05) is 12.8 Å². The normalized spacial score (nSPS) is 22.7. The molecular formula is C21H29N5O3. The molecule has 1 aliphatic carbocycles. The summed E-state index contributed by atoms with van der Waals surface area (Å²) in [6, 6.07) is 1.82. The zero-order valence-electron chi connectivity index (χ0n) is 16.9. The Hall–Kier alpha value is -2.35. The van der Waals surface area contributed by atoms with E-state index in [2.05, 4.69) is 19.8 Å². The van der Waals surface area contributed by atoms with Crippen LogP contribution in [0.4, 0.5) is 5.95 Å². The van der Waals surface area contributed by atoms with E-state index < -0.39 is 11.3 Å². The first-order valence-electron chi connectivity index (χ1n) is 10.7. The van der Waals surface area contributed by atoms with Crippen LogP contribution < -0.4 is 4.90 Å². The SMILES string of the molecule is O=C1CC2(CCCC2)C(=O)C(=O)N1CCCCN1CCN(c2ncccn2)CC1. The molecular weight excluding hydrogens is 370 g/mol. The number of unbranched alkanes of at least 4 members (excludes halogenated alkanes) is 1. The van der Waals surface area contributed by atoms with Crippen molar-refractivity contribution in [1.82, 2.24) is 19.8 Å². The third kappa shape index (κ3) is 4.17. The van der Waals surface area contributed by atoms with E-state index in [1.165, 1.54) is 4.90 Å². The first-order chi connectivity index (χ1) is 14.1. The Labute approximate surface area is 171 Å². The number of piperidine rings is 1. The molecule has 0 radical (unpaired) electrons. The molecule has 29 heavy (non-hydrogen) atoms. The molecule has 0 aromatic carbocycles. The van der Waals surface area contributed by atoms with Crippen LogP contribution in [-0.2, 0) is 14.4 Å². The van der Waals surface area contributed by atoms with E-state index in [0.717, 1.165) is 64.4 Å². The van der Waals surface area contributed by atoms with E-state index in [9.17, 15) is 14.4 Å². The second-order valence-corrected chi connectivity index (χ2v) is 8.43. The van der Waals surface area contributed by atoms with Gasteiger partial charge in [0.25, 0.3) is 5.91 Å². The van der Waals surface area contributed by atoms with E-state index in [4.69, 9.17) is 0 Å². The van der Waals surface area contributed by atoms with Crippen LogP contribution in [0, 0.1) is 5.41 Å². The lowest BCUT2D eigenvalue weighted by Crippen LogP contribution is -2.54. The molecule has 0 N–H and O–H groups in total. The molecule has 4 rings (SSSR count). The molecule has 3 fully saturated rings. The molecule has 0 bridgehead atoms. The van der Waals surface area contributed by atoms with Gasteiger partial charge in [-0.3, -0.25) is 24.2 Å². The lowest BCUT2D eigenvalue weighted by atomic mass is 9.75. The highest BCUT2D eigenvalue weighted by atomic mass is 16.2. The highest BCUT2D eigenvalue weighted by Gasteiger charge is 2.52. The number of anilines is 1. The number of nitrogens with zero attached hydrogens (tertiary/aromatic N) is 5. The van der Waals surface area contributed by atoms with Crippen molar-refractivity contribution in [3.05, 3.63) is 18.5 Å². The quantitative estimate of drug-likeness (QED) is 0.404. The summed E-state index contributed by atoms with van der Waals surface area (Å²) in [6.07, 6.45) is 8.65. The molecule has 8 nitrogen and oxygen atoms in total. The van der Waals surface area contributed by atoms with Crippen molar-refractivity contribution in [2.75, 3.05) is 44.2 Å². The minimum absolute atomic E-state index is 0.159. The van der Waals surface area contributed by atoms with Crippen molar-refractivity contribution >= 4 is 23.5 Å². The predicted molar refractivity (Wildman–Crippen MR) is 107 cm³/mol. The maximum atomic E-state index is 12.6. The van der Waals surface area contributed by atoms with E-state index >= 15 is 0 Å². The Morgan fingerprint density at radius 3 is 2.24 bits per heavy atom. The van der Waals surface area contributed by atoms with Crippen LogP contribution in [0.5, 0.6) is 0 Å². The summed E-state index contributed by atoms with van der Waals surface area (Å²) in [5, 5.41) is 0. The fourth-order valence-electron chi connectivity index (χ4n) is 4.84. The minimum atomic E-state index is -0.674. The molecule has 2 saturated heterocycles. The van der Waals surface area contributed by atoms with Gasteiger partial charge in [0.2, 0.25) is 17.6 Å². The fourth-order valence-corrected chi connectivity index (χ4v) is 4.84. The van der Waals surface area contributed by atoms with Crippen LogP contribution in [0.3, 0.4) is 0 Å². The molecule has 8 heteroatoms. The molecule has 2 aliphatic heterocycles. The van der Waals surface area contributed by atoms with Crippen molar-refractivity contribution < 1.29 is 14.4 Å². The molecule has 1 aromatic heterocycles. The number of hydrogen-bond acceptors (Lipinski definition) is 7. The first-order valence-corrected chi connectivity index (χ1v) is 10.7. The molecule has 3 heterocycles. The van der Waals surface area contributed by atoms with Gasteiger partial charge in [0.1, 0.15) is 0 Å². The topological polar surface area (TPSA) is 86.7 Å². The Morgan fingerprint density at radius 1 is 0.897 bits per heavy atom. The Kier molecular flexibility index (Phi) is 5.89. The Morgan fingerprint density at radius 2 is 1.55 bits per heavy atom. The van der Waals surface area contributed by atoms with Crippen LogP contribution >= 0.6 is 0 Å². The van der Waals surface area contributed by atoms with E-state index in [0.29, 0.717) is 19.4 Å². The Bertz CT molecular complexity index is 755. The number of imide groups is 1. The summed E-state index contributed by atoms with van der Waals surface area (Å²) in [5.74, 6) is -0.277. The minimum Gasteiger partial charge on any atom is -0.338 e. The van der Waals surface area contributed by atoms with Gasteiger partial charge in [-0.2, -0.15) is 0 Å². The van der Waals surface area contributed by atoms with Gasteiger partial charge in [0.05, 0.1) is 0 Å². The number of Topliss-reactive ketones (excluding diaryl/α,β-unsaturated/α-hetero) is 1. The molecule has 1 aromatic rings. The van der Waals surface area contributed by atoms with Crippen molar-refractivity contribution in [3.8, 4) is 0 Å². The second kappa shape index (κ2) is 8.57. The maximum absolute atomic E-state index is 12.6. The third-order valence-electron chi connectivity index (χ3n) is 6.59. The molecule has 156 valence electrons. The number of amides is 2. The molecule has 1 spiro atoms. The van der Waals surface area contributed by atoms with Gasteiger partial charge >= 0.3 is 0 Å². The lowest BCUT2D eigenvalue weighted by molar-refractivity contribution is -0.162. The first kappa shape index (κ1) is 19.9. The number of rotatable bonds is 6. The number of likely N-dealkylation sites (tertiary alicyclic amines) is 1. The summed E-state index contributed by atoms with van der Waals surface area (Å²) in [4.78, 5) is 51.9. The van der Waals surface area contributed by atoms with Gasteiger partial charge in [-0.15, -0.1) is 0 Å². The standard InChI is InChI=1S/C21H29N5O3/c27-17-16-21(6-1-2-7-21)18(28)19(29)26(17)11-4-3-10-24-12-14-25(15-13-24)20-22-8-5-9-23-20/h5,8-9H,1-4,6-7,10-16H2. The van der Waals surface area contributed by atoms with Crippen LogP contribution in [-0.4, -0.2) is 76.6 Å². The van der Waals surface area contributed by atoms with Crippen LogP contribution in [0.1, 0.15) is 44.9 Å². The van der Waals surface area contributed by atoms with Gasteiger partial charge in [0.15, 0.2) is 0 Å². The van der Waals surface area contributed by atoms with Crippen molar-refractivity contribution in [1.29, 1.82) is 0 Å². The van der Waals surface area contributed by atoms with Crippen molar-refractivity contribution in [2.24, 2.45) is 5.41 Å². The average Bonchev–Trinajstić information content (AvgIpc) is 3.22. The average molecular weight is 399 g/mol. The number of carbonyl (C=O) groups is 3. The molecule has 3 aliphatic rings. The fraction of sp³-hybridized carbons (Fsp3) is 0.667. The molecule has 0 atom stereocenters. The second-order valence-electron chi connectivity index (χ2n) is 8.43. The van der Waals surface area contributed by atoms with Gasteiger partial charge in [-0.25, -0.2) is 9.97 Å². The van der Waals surface area contributed by atoms with Gasteiger partial charge < -0.3 is 4.90 Å². The summed E-state index contributed by atoms with van der Waals surface area (Å²) < 4.78 is 0. The summed E-state index contributed by atoms with van der Waals surface area (Å²) >= 11 is 0. The monoisotopic (exact) mass is 399 g/mol. The zero-order chi connectivity index (χ0) is 20.3. The zero-order valence-corrected chi connectivity index (χ0v) is 16.9. The van der Waals surface area contributed by atoms with Crippen LogP contribution in [0.25, 0.3) is 0 Å². The third-order valence-corrected chi connectivity index (χ3v) is 6.59. The summed E-state index contributed by atoms with van der Waals surface area (Å²) in [6.45, 7) is 4.96. The van der Waals surface area contributed by atoms with Crippen LogP contribution in [0.15, 0.2) is 18.5 Å². The van der Waals surface area contributed by atoms with Crippen LogP contribution in [0.2, 0.25) is 0 Å². The number of carbonyl (C=O) groups excluding carboxylic acids is 3. The summed E-state index contributed by atoms with van der Waals surface area (Å²) in [5.41, 5.74) is -0.674. The van der Waals surface area contributed by atoms with Crippen molar-refractivity contribution in [3.63, 3.8) is 0 Å². The highest BCUT2D eigenvalue weighted by Crippen LogP contribution is 2.44. The number of hydrogen-bond donors (Lipinski definition) is 0. The van der Waals surface area contributed by atoms with Gasteiger partial charge in [-0.05, 0) is 38.3 Å². The van der Waals surface area contributed by atoms with Crippen molar-refractivity contribution in [2.45, 2.75) is 44.9 Å². The molecule has 0 unspecified atom stereocenters. The van der Waals surface area contributed by atoms with E-state index in [1.54, 1.807) is 12.4 Å². The number of piperazine rings is 1. The lowest BCUT2D eigenvalue weighted by Gasteiger charge is -2.36. The molecule has 2 amide bonds.